The van der Waals surface area contributed by atoms with E-state index in [1.165, 1.54) is 141 Å². The maximum Gasteiger partial charge on any atom is 0.311 e. The standard InChI is InChI=1S/C40H71NO4/c1-4-6-8-10-12-14-16-18-20-22-24-26-28-30-39(42)41-35-36-32-33-37(38(34-36)44-3)45-40(43)31-29-27-25-23-21-19-17-15-13-11-9-7-5-2/h32-34H,4-31,35H2,1-3H3,(H,41,42). The molecule has 0 heterocycles. The van der Waals surface area contributed by atoms with E-state index in [2.05, 4.69) is 19.2 Å². The average Bonchev–Trinajstić information content (AvgIpc) is 3.04. The van der Waals surface area contributed by atoms with E-state index in [9.17, 15) is 9.59 Å². The number of hydrogen-bond acceptors (Lipinski definition) is 4. The van der Waals surface area contributed by atoms with E-state index in [0.717, 1.165) is 31.2 Å². The number of carbonyl (C=O) groups is 2. The van der Waals surface area contributed by atoms with Crippen molar-refractivity contribution in [2.75, 3.05) is 7.11 Å². The largest absolute Gasteiger partial charge is 0.493 e. The minimum absolute atomic E-state index is 0.0883. The molecular weight excluding hydrogens is 558 g/mol. The normalized spacial score (nSPS) is 11.1. The van der Waals surface area contributed by atoms with Gasteiger partial charge in [-0.15, -0.1) is 0 Å². The number of carbonyl (C=O) groups excluding carboxylic acids is 2. The Bertz CT molecular complexity index is 840. The zero-order valence-electron chi connectivity index (χ0n) is 29.9. The minimum Gasteiger partial charge on any atom is -0.493 e. The summed E-state index contributed by atoms with van der Waals surface area (Å²) < 4.78 is 11.1. The second-order valence-corrected chi connectivity index (χ2v) is 13.2. The molecule has 0 aliphatic carbocycles. The van der Waals surface area contributed by atoms with Gasteiger partial charge in [-0.1, -0.05) is 174 Å². The van der Waals surface area contributed by atoms with Gasteiger partial charge in [0.25, 0.3) is 0 Å². The SMILES string of the molecule is CCCCCCCCCCCCCCCC(=O)NCc1ccc(OC(=O)CCCCCCCCCCCCCCC)c(OC)c1. The van der Waals surface area contributed by atoms with E-state index in [-0.39, 0.29) is 11.9 Å². The lowest BCUT2D eigenvalue weighted by atomic mass is 10.0. The highest BCUT2D eigenvalue weighted by atomic mass is 16.6. The fourth-order valence-corrected chi connectivity index (χ4v) is 5.96. The van der Waals surface area contributed by atoms with Crippen LogP contribution >= 0.6 is 0 Å². The van der Waals surface area contributed by atoms with Gasteiger partial charge in [-0.2, -0.15) is 0 Å². The van der Waals surface area contributed by atoms with Crippen LogP contribution in [0.3, 0.4) is 0 Å². The summed E-state index contributed by atoms with van der Waals surface area (Å²) in [5.41, 5.74) is 0.932. The fourth-order valence-electron chi connectivity index (χ4n) is 5.96. The van der Waals surface area contributed by atoms with Gasteiger partial charge in [0.2, 0.25) is 5.91 Å². The van der Waals surface area contributed by atoms with Crippen LogP contribution < -0.4 is 14.8 Å². The van der Waals surface area contributed by atoms with Gasteiger partial charge in [0, 0.05) is 19.4 Å². The zero-order chi connectivity index (χ0) is 32.6. The molecule has 0 bridgehead atoms. The number of nitrogens with one attached hydrogen (secondary N) is 1. The number of esters is 1. The molecule has 0 atom stereocenters. The van der Waals surface area contributed by atoms with Crippen molar-refractivity contribution in [3.63, 3.8) is 0 Å². The lowest BCUT2D eigenvalue weighted by Crippen LogP contribution is -2.22. The second-order valence-electron chi connectivity index (χ2n) is 13.2. The molecule has 0 radical (unpaired) electrons. The molecular formula is C40H71NO4. The molecule has 0 saturated carbocycles. The third kappa shape index (κ3) is 24.8. The Kier molecular flexibility index (Phi) is 27.9. The Balaban J connectivity index is 2.08. The van der Waals surface area contributed by atoms with Crippen LogP contribution in [0.5, 0.6) is 11.5 Å². The van der Waals surface area contributed by atoms with Crippen molar-refractivity contribution in [2.45, 2.75) is 200 Å². The quantitative estimate of drug-likeness (QED) is 0.0489. The molecule has 0 aromatic heterocycles. The van der Waals surface area contributed by atoms with E-state index < -0.39 is 0 Å². The number of benzene rings is 1. The van der Waals surface area contributed by atoms with Crippen molar-refractivity contribution < 1.29 is 19.1 Å². The molecule has 0 saturated heterocycles. The first-order valence-electron chi connectivity index (χ1n) is 19.2. The molecule has 5 heteroatoms. The summed E-state index contributed by atoms with van der Waals surface area (Å²) >= 11 is 0. The first kappa shape index (κ1) is 41.0. The minimum atomic E-state index is -0.213. The lowest BCUT2D eigenvalue weighted by molar-refractivity contribution is -0.134. The van der Waals surface area contributed by atoms with Crippen LogP contribution in [-0.4, -0.2) is 19.0 Å². The molecule has 5 nitrogen and oxygen atoms in total. The Hall–Kier alpha value is -2.04. The zero-order valence-corrected chi connectivity index (χ0v) is 29.9. The molecule has 1 amide bonds. The van der Waals surface area contributed by atoms with E-state index in [1.54, 1.807) is 13.2 Å². The molecule has 0 unspecified atom stereocenters. The Morgan fingerprint density at radius 2 is 0.933 bits per heavy atom. The van der Waals surface area contributed by atoms with Crippen molar-refractivity contribution >= 4 is 11.9 Å². The van der Waals surface area contributed by atoms with Gasteiger partial charge in [0.05, 0.1) is 7.11 Å². The van der Waals surface area contributed by atoms with Crippen LogP contribution in [0.1, 0.15) is 199 Å². The summed E-state index contributed by atoms with van der Waals surface area (Å²) in [4.78, 5) is 24.8. The number of unbranched alkanes of at least 4 members (excludes halogenated alkanes) is 24. The topological polar surface area (TPSA) is 64.6 Å². The summed E-state index contributed by atoms with van der Waals surface area (Å²) in [6, 6.07) is 5.51. The lowest BCUT2D eigenvalue weighted by Gasteiger charge is -2.12. The fraction of sp³-hybridized carbons (Fsp3) is 0.800. The predicted octanol–water partition coefficient (Wildman–Crippen LogP) is 12.2. The van der Waals surface area contributed by atoms with Crippen molar-refractivity contribution in [3.05, 3.63) is 23.8 Å². The first-order valence-corrected chi connectivity index (χ1v) is 19.2. The van der Waals surface area contributed by atoms with Gasteiger partial charge in [0.1, 0.15) is 0 Å². The highest BCUT2D eigenvalue weighted by Gasteiger charge is 2.12. The van der Waals surface area contributed by atoms with Crippen LogP contribution in [0, 0.1) is 0 Å². The summed E-state index contributed by atoms with van der Waals surface area (Å²) in [7, 11) is 1.58. The van der Waals surface area contributed by atoms with E-state index in [1.807, 2.05) is 12.1 Å². The molecule has 1 aromatic carbocycles. The van der Waals surface area contributed by atoms with Gasteiger partial charge in [-0.05, 0) is 30.5 Å². The highest BCUT2D eigenvalue weighted by Crippen LogP contribution is 2.29. The van der Waals surface area contributed by atoms with Crippen LogP contribution in [0.4, 0.5) is 0 Å². The molecule has 260 valence electrons. The Morgan fingerprint density at radius 3 is 1.36 bits per heavy atom. The third-order valence-corrected chi connectivity index (χ3v) is 8.93. The van der Waals surface area contributed by atoms with Crippen molar-refractivity contribution in [1.82, 2.24) is 5.32 Å². The van der Waals surface area contributed by atoms with Crippen LogP contribution in [0.25, 0.3) is 0 Å². The maximum absolute atomic E-state index is 12.4. The average molecular weight is 630 g/mol. The number of methoxy groups -OCH3 is 1. The second kappa shape index (κ2) is 30.6. The number of ether oxygens (including phenoxy) is 2. The van der Waals surface area contributed by atoms with Crippen LogP contribution in [-0.2, 0) is 16.1 Å². The third-order valence-electron chi connectivity index (χ3n) is 8.93. The maximum atomic E-state index is 12.4. The van der Waals surface area contributed by atoms with Gasteiger partial charge in [-0.3, -0.25) is 9.59 Å². The van der Waals surface area contributed by atoms with Crippen molar-refractivity contribution in [3.8, 4) is 11.5 Å². The number of hydrogen-bond donors (Lipinski definition) is 1. The van der Waals surface area contributed by atoms with Gasteiger partial charge in [0.15, 0.2) is 11.5 Å². The molecule has 1 N–H and O–H groups in total. The van der Waals surface area contributed by atoms with Crippen molar-refractivity contribution in [2.24, 2.45) is 0 Å². The first-order chi connectivity index (χ1) is 22.1. The van der Waals surface area contributed by atoms with Gasteiger partial charge < -0.3 is 14.8 Å². The summed E-state index contributed by atoms with van der Waals surface area (Å²) in [5.74, 6) is 0.844. The molecule has 1 aromatic rings. The number of amides is 1. The summed E-state index contributed by atoms with van der Waals surface area (Å²) in [6.45, 7) is 4.98. The van der Waals surface area contributed by atoms with E-state index in [0.29, 0.717) is 30.9 Å². The molecule has 45 heavy (non-hydrogen) atoms. The smallest absolute Gasteiger partial charge is 0.311 e. The van der Waals surface area contributed by atoms with Crippen LogP contribution in [0.2, 0.25) is 0 Å². The molecule has 0 fully saturated rings. The Labute approximate surface area is 278 Å². The summed E-state index contributed by atoms with van der Waals surface area (Å²) in [5, 5.41) is 3.02. The molecule has 0 spiro atoms. The van der Waals surface area contributed by atoms with Gasteiger partial charge in [-0.25, -0.2) is 0 Å². The molecule has 0 aliphatic heterocycles. The highest BCUT2D eigenvalue weighted by molar-refractivity contribution is 5.76. The van der Waals surface area contributed by atoms with Crippen molar-refractivity contribution in [1.29, 1.82) is 0 Å². The monoisotopic (exact) mass is 630 g/mol. The number of rotatable bonds is 32. The molecule has 0 aliphatic rings. The predicted molar refractivity (Wildman–Crippen MR) is 191 cm³/mol. The van der Waals surface area contributed by atoms with E-state index >= 15 is 0 Å². The molecule has 1 rings (SSSR count). The van der Waals surface area contributed by atoms with Crippen LogP contribution in [0.15, 0.2) is 18.2 Å². The Morgan fingerprint density at radius 1 is 0.533 bits per heavy atom. The summed E-state index contributed by atoms with van der Waals surface area (Å²) in [6.07, 6.45) is 34.6. The van der Waals surface area contributed by atoms with E-state index in [4.69, 9.17) is 9.47 Å². The van der Waals surface area contributed by atoms with Gasteiger partial charge >= 0.3 is 5.97 Å².